The number of thioether (sulfide) groups is 1. The highest BCUT2D eigenvalue weighted by Crippen LogP contribution is 2.51. The van der Waals surface area contributed by atoms with Crippen LogP contribution in [0.5, 0.6) is 0 Å². The predicted octanol–water partition coefficient (Wildman–Crippen LogP) is -0.289. The van der Waals surface area contributed by atoms with E-state index in [2.05, 4.69) is 21.1 Å². The van der Waals surface area contributed by atoms with Gasteiger partial charge in [-0.25, -0.2) is 9.59 Å². The number of aliphatic hydroxyl groups excluding tert-OH is 1. The van der Waals surface area contributed by atoms with Crippen molar-refractivity contribution in [3.8, 4) is 0 Å². The smallest absolute Gasteiger partial charge is 0.353 e. The number of fused-ring (bicyclic) bond motifs is 1. The van der Waals surface area contributed by atoms with Crippen molar-refractivity contribution in [2.45, 2.75) is 50.1 Å². The normalized spacial score (nSPS) is 32.0. The minimum Gasteiger partial charge on any atom is -0.477 e. The second-order valence-electron chi connectivity index (χ2n) is 7.81. The SMILES string of the molecule is CNC(=O)N/C(C[C@@H]1C[C@H](SC2=C(C(=O)O)N3C(=O)[C@@H]([C@@H](C)O)[C@H]3[C@H]2C)CN1)=N\O. The molecule has 0 saturated carbocycles. The Morgan fingerprint density at radius 2 is 2.13 bits per heavy atom. The number of aliphatic hydroxyl groups is 1. The zero-order valence-electron chi connectivity index (χ0n) is 17.0. The van der Waals surface area contributed by atoms with E-state index in [9.17, 15) is 24.6 Å². The first-order valence-electron chi connectivity index (χ1n) is 9.77. The number of hydrogen-bond acceptors (Lipinski definition) is 8. The number of amidine groups is 1. The largest absolute Gasteiger partial charge is 0.477 e. The molecule has 0 aromatic heterocycles. The van der Waals surface area contributed by atoms with Crippen LogP contribution in [0.15, 0.2) is 15.8 Å². The Bertz CT molecular complexity index is 800. The van der Waals surface area contributed by atoms with Crippen molar-refractivity contribution < 1.29 is 29.8 Å². The Balaban J connectivity index is 1.67. The van der Waals surface area contributed by atoms with Gasteiger partial charge in [-0.3, -0.25) is 10.1 Å². The lowest BCUT2D eigenvalue weighted by molar-refractivity contribution is -0.163. The van der Waals surface area contributed by atoms with Crippen molar-refractivity contribution >= 4 is 35.5 Å². The molecule has 0 unspecified atom stereocenters. The summed E-state index contributed by atoms with van der Waals surface area (Å²) in [5.74, 6) is -2.12. The van der Waals surface area contributed by atoms with Crippen molar-refractivity contribution in [1.82, 2.24) is 20.9 Å². The number of carboxylic acid groups (broad SMARTS) is 1. The third kappa shape index (κ3) is 3.98. The summed E-state index contributed by atoms with van der Waals surface area (Å²) in [6.07, 6.45) is 0.140. The number of rotatable bonds is 6. The van der Waals surface area contributed by atoms with Gasteiger partial charge in [0, 0.05) is 42.1 Å². The van der Waals surface area contributed by atoms with E-state index in [0.717, 1.165) is 0 Å². The predicted molar refractivity (Wildman–Crippen MR) is 109 cm³/mol. The van der Waals surface area contributed by atoms with Crippen LogP contribution in [-0.4, -0.2) is 81.1 Å². The van der Waals surface area contributed by atoms with Gasteiger partial charge in [-0.05, 0) is 13.3 Å². The number of hydrogen-bond donors (Lipinski definition) is 6. The van der Waals surface area contributed by atoms with Gasteiger partial charge in [0.1, 0.15) is 5.70 Å². The summed E-state index contributed by atoms with van der Waals surface area (Å²) in [7, 11) is 1.46. The van der Waals surface area contributed by atoms with Crippen molar-refractivity contribution in [3.05, 3.63) is 10.6 Å². The molecule has 6 N–H and O–H groups in total. The molecular weight excluding hydrogens is 414 g/mol. The first-order valence-corrected chi connectivity index (χ1v) is 10.7. The first-order chi connectivity index (χ1) is 14.2. The fourth-order valence-corrected chi connectivity index (χ4v) is 5.95. The molecule has 3 aliphatic rings. The molecule has 0 bridgehead atoms. The molecule has 0 spiro atoms. The number of urea groups is 1. The minimum absolute atomic E-state index is 0.0155. The van der Waals surface area contributed by atoms with E-state index in [1.54, 1.807) is 6.92 Å². The van der Waals surface area contributed by atoms with Crippen LogP contribution in [0.4, 0.5) is 4.79 Å². The Kier molecular flexibility index (Phi) is 6.58. The Labute approximate surface area is 177 Å². The van der Waals surface area contributed by atoms with Gasteiger partial charge in [0.05, 0.1) is 18.1 Å². The van der Waals surface area contributed by atoms with Crippen LogP contribution < -0.4 is 16.0 Å². The van der Waals surface area contributed by atoms with Gasteiger partial charge in [-0.15, -0.1) is 11.8 Å². The standard InChI is InChI=1S/C18H27N5O6S/c1-7-13-12(8(2)24)16(25)23(13)14(17(26)27)15(7)30-10-4-9(20-6-10)5-11(22-29)21-18(28)19-3/h7-10,12-13,20,24,29H,4-6H2,1-3H3,(H,26,27)(H2,19,21,22,28)/t7-,8-,9+,10+,12+,13-/m1/s1. The lowest BCUT2D eigenvalue weighted by Crippen LogP contribution is -2.63. The molecular formula is C18H27N5O6S. The highest BCUT2D eigenvalue weighted by atomic mass is 32.2. The monoisotopic (exact) mass is 441 g/mol. The van der Waals surface area contributed by atoms with Crippen LogP contribution in [0.1, 0.15) is 26.7 Å². The van der Waals surface area contributed by atoms with Crippen molar-refractivity contribution in [2.24, 2.45) is 17.0 Å². The summed E-state index contributed by atoms with van der Waals surface area (Å²) in [5, 5.41) is 40.0. The molecule has 30 heavy (non-hydrogen) atoms. The van der Waals surface area contributed by atoms with Gasteiger partial charge in [-0.2, -0.15) is 0 Å². The van der Waals surface area contributed by atoms with E-state index in [0.29, 0.717) is 24.3 Å². The molecule has 11 nitrogen and oxygen atoms in total. The lowest BCUT2D eigenvalue weighted by Gasteiger charge is -2.46. The third-order valence-electron chi connectivity index (χ3n) is 5.83. The van der Waals surface area contributed by atoms with Crippen LogP contribution in [-0.2, 0) is 9.59 Å². The van der Waals surface area contributed by atoms with Gasteiger partial charge in [0.2, 0.25) is 5.91 Å². The third-order valence-corrected chi connectivity index (χ3v) is 7.34. The van der Waals surface area contributed by atoms with Gasteiger partial charge < -0.3 is 31.0 Å². The van der Waals surface area contributed by atoms with E-state index in [1.807, 2.05) is 6.92 Å². The van der Waals surface area contributed by atoms with E-state index in [4.69, 9.17) is 5.21 Å². The van der Waals surface area contributed by atoms with Crippen LogP contribution in [0.2, 0.25) is 0 Å². The Morgan fingerprint density at radius 1 is 1.43 bits per heavy atom. The molecule has 0 radical (unpaired) electrons. The molecule has 12 heteroatoms. The van der Waals surface area contributed by atoms with E-state index in [-0.39, 0.29) is 40.7 Å². The zero-order chi connectivity index (χ0) is 22.2. The summed E-state index contributed by atoms with van der Waals surface area (Å²) >= 11 is 1.44. The number of aliphatic carboxylic acids is 1. The summed E-state index contributed by atoms with van der Waals surface area (Å²) in [6.45, 7) is 4.05. The average Bonchev–Trinajstić information content (AvgIpc) is 3.22. The summed E-state index contributed by atoms with van der Waals surface area (Å²) in [5.41, 5.74) is 0.0155. The van der Waals surface area contributed by atoms with E-state index >= 15 is 0 Å². The number of amides is 3. The topological polar surface area (TPSA) is 164 Å². The second-order valence-corrected chi connectivity index (χ2v) is 9.15. The fourth-order valence-electron chi connectivity index (χ4n) is 4.43. The molecule has 6 atom stereocenters. The molecule has 3 rings (SSSR count). The maximum absolute atomic E-state index is 12.4. The van der Waals surface area contributed by atoms with Crippen LogP contribution in [0.25, 0.3) is 0 Å². The summed E-state index contributed by atoms with van der Waals surface area (Å²) in [4.78, 5) is 37.7. The molecule has 2 fully saturated rings. The maximum atomic E-state index is 12.4. The number of carbonyl (C=O) groups is 3. The van der Waals surface area contributed by atoms with Crippen LogP contribution in [0.3, 0.4) is 0 Å². The van der Waals surface area contributed by atoms with E-state index in [1.165, 1.54) is 23.7 Å². The quantitative estimate of drug-likeness (QED) is 0.108. The van der Waals surface area contributed by atoms with Gasteiger partial charge in [0.15, 0.2) is 5.84 Å². The van der Waals surface area contributed by atoms with Gasteiger partial charge in [0.25, 0.3) is 0 Å². The van der Waals surface area contributed by atoms with Crippen molar-refractivity contribution in [1.29, 1.82) is 0 Å². The van der Waals surface area contributed by atoms with E-state index < -0.39 is 24.0 Å². The number of nitrogens with zero attached hydrogens (tertiary/aromatic N) is 2. The van der Waals surface area contributed by atoms with Gasteiger partial charge in [-0.1, -0.05) is 12.1 Å². The Morgan fingerprint density at radius 3 is 2.70 bits per heavy atom. The second kappa shape index (κ2) is 8.82. The molecule has 3 aliphatic heterocycles. The van der Waals surface area contributed by atoms with Crippen molar-refractivity contribution in [3.63, 3.8) is 0 Å². The molecule has 0 aliphatic carbocycles. The summed E-state index contributed by atoms with van der Waals surface area (Å²) in [6, 6.07) is -0.870. The van der Waals surface area contributed by atoms with Gasteiger partial charge >= 0.3 is 12.0 Å². The molecule has 166 valence electrons. The van der Waals surface area contributed by atoms with Crippen molar-refractivity contribution in [2.75, 3.05) is 13.6 Å². The van der Waals surface area contributed by atoms with Crippen LogP contribution >= 0.6 is 11.8 Å². The fraction of sp³-hybridized carbons (Fsp3) is 0.667. The van der Waals surface area contributed by atoms with Crippen LogP contribution in [0, 0.1) is 11.8 Å². The minimum atomic E-state index is -1.14. The lowest BCUT2D eigenvalue weighted by atomic mass is 9.79. The average molecular weight is 442 g/mol. The Hall–Kier alpha value is -2.31. The number of nitrogens with one attached hydrogen (secondary N) is 3. The molecule has 2 saturated heterocycles. The highest BCUT2D eigenvalue weighted by Gasteiger charge is 2.60. The number of carboxylic acids is 1. The zero-order valence-corrected chi connectivity index (χ0v) is 17.8. The molecule has 3 heterocycles. The summed E-state index contributed by atoms with van der Waals surface area (Å²) < 4.78 is 0. The molecule has 0 aromatic rings. The maximum Gasteiger partial charge on any atom is 0.353 e. The number of carbonyl (C=O) groups excluding carboxylic acids is 2. The highest BCUT2D eigenvalue weighted by molar-refractivity contribution is 8.03. The molecule has 3 amide bonds. The molecule has 0 aromatic carbocycles. The first kappa shape index (κ1) is 22.4. The number of β-lactam (4-membered cyclic amide) rings is 1. The number of oxime groups is 1.